The maximum absolute atomic E-state index is 14.2. The first-order valence-electron chi connectivity index (χ1n) is 17.8. The van der Waals surface area contributed by atoms with Crippen molar-refractivity contribution in [3.8, 4) is 40.1 Å². The number of phenolic OH excluding ortho intramolecular Hbond substituents is 3. The molecule has 3 aliphatic rings. The number of fused-ring (bicyclic) bond motifs is 1. The molecule has 0 bridgehead atoms. The maximum atomic E-state index is 14.2. The van der Waals surface area contributed by atoms with Gasteiger partial charge in [-0.3, -0.25) is 9.59 Å². The van der Waals surface area contributed by atoms with E-state index in [1.807, 2.05) is 0 Å². The Morgan fingerprint density at radius 1 is 0.759 bits per heavy atom. The van der Waals surface area contributed by atoms with Crippen molar-refractivity contribution in [2.24, 2.45) is 0 Å². The van der Waals surface area contributed by atoms with Gasteiger partial charge in [-0.05, 0) is 25.1 Å². The second kappa shape index (κ2) is 17.4. The number of hydrogen-bond acceptors (Lipinski definition) is 22. The van der Waals surface area contributed by atoms with Crippen LogP contribution in [0.2, 0.25) is 0 Å². The number of aliphatic hydroxyl groups excluding tert-OH is 8. The van der Waals surface area contributed by atoms with Gasteiger partial charge in [0, 0.05) is 24.6 Å². The number of aromatic hydroxyl groups is 3. The highest BCUT2D eigenvalue weighted by molar-refractivity contribution is 5.88. The van der Waals surface area contributed by atoms with Crippen molar-refractivity contribution in [1.29, 1.82) is 0 Å². The van der Waals surface area contributed by atoms with E-state index in [4.69, 9.17) is 42.3 Å². The predicted octanol–water partition coefficient (Wildman–Crippen LogP) is -2.99. The summed E-state index contributed by atoms with van der Waals surface area (Å²) in [5, 5.41) is 116. The zero-order valence-electron chi connectivity index (χ0n) is 30.9. The van der Waals surface area contributed by atoms with Crippen molar-refractivity contribution in [2.45, 2.75) is 106 Å². The van der Waals surface area contributed by atoms with E-state index < -0.39 is 145 Å². The standard InChI is InChI=1S/C36H44O22/c1-11-30(53-12(2)38)27(47)29(49)35(52-11)58-33-26(46)23(43)20(10-51-34-28(48)25(45)22(42)19(9-37)55-34)56-36(33)57-32-24(44)21-16(41)7-14(39)8-18(21)54-31(32)13-4-5-15(40)17(6-13)50-3/h4-8,11,19-20,22-23,25-30,33-37,39-43,45-49H,9-10H2,1-3H3/t11-,19-,20+,22-,23+,25+,26-,27-,28-,29+,30-,33+,34?,35+,36?/m1/s1. The van der Waals surface area contributed by atoms with Crippen LogP contribution in [0.4, 0.5) is 0 Å². The topological polar surface area (TPSA) is 344 Å². The van der Waals surface area contributed by atoms with Crippen molar-refractivity contribution in [3.05, 3.63) is 40.6 Å². The summed E-state index contributed by atoms with van der Waals surface area (Å²) in [7, 11) is 1.24. The second-order valence-electron chi connectivity index (χ2n) is 13.9. The Hall–Kier alpha value is -4.40. The third-order valence-electron chi connectivity index (χ3n) is 9.88. The molecule has 0 saturated carbocycles. The molecule has 2 unspecified atom stereocenters. The highest BCUT2D eigenvalue weighted by Gasteiger charge is 2.53. The molecule has 6 rings (SSSR count). The first-order chi connectivity index (χ1) is 27.4. The molecule has 11 N–H and O–H groups in total. The lowest BCUT2D eigenvalue weighted by Crippen LogP contribution is -2.65. The summed E-state index contributed by atoms with van der Waals surface area (Å²) < 4.78 is 50.8. The largest absolute Gasteiger partial charge is 0.508 e. The van der Waals surface area contributed by atoms with E-state index in [1.54, 1.807) is 0 Å². The Morgan fingerprint density at radius 2 is 1.41 bits per heavy atom. The van der Waals surface area contributed by atoms with Gasteiger partial charge in [0.1, 0.15) is 77.4 Å². The predicted molar refractivity (Wildman–Crippen MR) is 187 cm³/mol. The van der Waals surface area contributed by atoms with E-state index in [-0.39, 0.29) is 22.6 Å². The van der Waals surface area contributed by atoms with Crippen LogP contribution in [-0.4, -0.2) is 175 Å². The van der Waals surface area contributed by atoms with Crippen molar-refractivity contribution in [1.82, 2.24) is 0 Å². The van der Waals surface area contributed by atoms with Gasteiger partial charge in [0.05, 0.1) is 26.4 Å². The maximum Gasteiger partial charge on any atom is 0.303 e. The molecule has 320 valence electrons. The molecule has 3 fully saturated rings. The number of benzene rings is 2. The van der Waals surface area contributed by atoms with E-state index >= 15 is 0 Å². The molecule has 3 saturated heterocycles. The molecule has 15 atom stereocenters. The van der Waals surface area contributed by atoms with Gasteiger partial charge in [-0.15, -0.1) is 0 Å². The Kier molecular flexibility index (Phi) is 13.0. The molecule has 3 aromatic rings. The molecule has 0 radical (unpaired) electrons. The van der Waals surface area contributed by atoms with Crippen molar-refractivity contribution in [2.75, 3.05) is 20.3 Å². The average Bonchev–Trinajstić information content (AvgIpc) is 3.18. The summed E-state index contributed by atoms with van der Waals surface area (Å²) in [6.45, 7) is 0.887. The number of rotatable bonds is 11. The molecule has 22 nitrogen and oxygen atoms in total. The lowest BCUT2D eigenvalue weighted by molar-refractivity contribution is -0.360. The minimum absolute atomic E-state index is 0.0161. The van der Waals surface area contributed by atoms with Crippen molar-refractivity contribution < 1.29 is 103 Å². The Morgan fingerprint density at radius 3 is 2.09 bits per heavy atom. The van der Waals surface area contributed by atoms with Gasteiger partial charge in [0.2, 0.25) is 17.5 Å². The SMILES string of the molecule is COc1cc(-c2oc3cc(O)cc(O)c3c(=O)c2OC2O[C@@H](COC3O[C@H](CO)[C@@H](O)[C@H](O)[C@H]3O)[C@H](O)[C@@H](O)[C@@H]2O[C@@H]2O[C@H](C)[C@@H](OC(C)=O)[C@H](O)[C@@H]2O)ccc1O. The Bertz CT molecular complexity index is 1990. The Balaban J connectivity index is 1.40. The number of ether oxygens (including phenoxy) is 8. The minimum Gasteiger partial charge on any atom is -0.508 e. The summed E-state index contributed by atoms with van der Waals surface area (Å²) in [6.07, 6.45) is -26.4. The summed E-state index contributed by atoms with van der Waals surface area (Å²) in [4.78, 5) is 25.9. The molecule has 0 amide bonds. The summed E-state index contributed by atoms with van der Waals surface area (Å²) in [5.41, 5.74) is -1.40. The molecule has 58 heavy (non-hydrogen) atoms. The molecule has 0 spiro atoms. The first-order valence-corrected chi connectivity index (χ1v) is 17.8. The van der Waals surface area contributed by atoms with Gasteiger partial charge >= 0.3 is 5.97 Å². The fraction of sp³-hybridized carbons (Fsp3) is 0.556. The van der Waals surface area contributed by atoms with Crippen LogP contribution in [0.5, 0.6) is 28.7 Å². The number of carbonyl (C=O) groups is 1. The molecular formula is C36H44O22. The fourth-order valence-electron chi connectivity index (χ4n) is 6.81. The lowest BCUT2D eigenvalue weighted by atomic mass is 9.97. The summed E-state index contributed by atoms with van der Waals surface area (Å²) in [5.74, 6) is -3.59. The van der Waals surface area contributed by atoms with Gasteiger partial charge < -0.3 is 98.5 Å². The van der Waals surface area contributed by atoms with Gasteiger partial charge in [-0.2, -0.15) is 0 Å². The number of esters is 1. The summed E-state index contributed by atoms with van der Waals surface area (Å²) >= 11 is 0. The molecule has 3 aliphatic heterocycles. The first kappa shape index (κ1) is 43.2. The smallest absolute Gasteiger partial charge is 0.303 e. The van der Waals surface area contributed by atoms with Crippen molar-refractivity contribution in [3.63, 3.8) is 0 Å². The number of phenols is 3. The van der Waals surface area contributed by atoms with Gasteiger partial charge in [0.15, 0.2) is 42.0 Å². The van der Waals surface area contributed by atoms with E-state index in [2.05, 4.69) is 0 Å². The van der Waals surface area contributed by atoms with Crippen LogP contribution in [0, 0.1) is 0 Å². The zero-order valence-corrected chi connectivity index (χ0v) is 30.9. The monoisotopic (exact) mass is 828 g/mol. The van der Waals surface area contributed by atoms with Crippen LogP contribution < -0.4 is 14.9 Å². The van der Waals surface area contributed by atoms with Crippen LogP contribution in [0.3, 0.4) is 0 Å². The average molecular weight is 829 g/mol. The zero-order chi connectivity index (χ0) is 42.3. The van der Waals surface area contributed by atoms with Crippen LogP contribution in [-0.2, 0) is 33.2 Å². The fourth-order valence-corrected chi connectivity index (χ4v) is 6.81. The van der Waals surface area contributed by atoms with Crippen molar-refractivity contribution >= 4 is 16.9 Å². The molecule has 1 aromatic heterocycles. The normalized spacial score (nSPS) is 35.4. The Labute approximate surface area is 327 Å². The lowest BCUT2D eigenvalue weighted by Gasteiger charge is -2.46. The second-order valence-corrected chi connectivity index (χ2v) is 13.9. The van der Waals surface area contributed by atoms with E-state index in [0.29, 0.717) is 0 Å². The minimum atomic E-state index is -2.09. The van der Waals surface area contributed by atoms with E-state index in [1.165, 1.54) is 32.2 Å². The van der Waals surface area contributed by atoms with Gasteiger partial charge in [0.25, 0.3) is 0 Å². The van der Waals surface area contributed by atoms with E-state index in [9.17, 15) is 65.8 Å². The molecule has 0 aliphatic carbocycles. The van der Waals surface area contributed by atoms with Gasteiger partial charge in [-0.25, -0.2) is 0 Å². The number of aliphatic hydroxyl groups is 8. The summed E-state index contributed by atoms with van der Waals surface area (Å²) in [6, 6.07) is 5.59. The van der Waals surface area contributed by atoms with Crippen LogP contribution in [0.1, 0.15) is 13.8 Å². The number of carbonyl (C=O) groups excluding carboxylic acids is 1. The highest BCUT2D eigenvalue weighted by Crippen LogP contribution is 2.40. The van der Waals surface area contributed by atoms with Crippen LogP contribution in [0.15, 0.2) is 39.5 Å². The molecule has 2 aromatic carbocycles. The highest BCUT2D eigenvalue weighted by atomic mass is 16.8. The van der Waals surface area contributed by atoms with Crippen LogP contribution in [0.25, 0.3) is 22.3 Å². The third kappa shape index (κ3) is 8.37. The molecule has 4 heterocycles. The molecular weight excluding hydrogens is 784 g/mol. The third-order valence-corrected chi connectivity index (χ3v) is 9.88. The molecule has 22 heteroatoms. The van der Waals surface area contributed by atoms with E-state index in [0.717, 1.165) is 19.1 Å². The quantitative estimate of drug-likeness (QED) is 0.0859. The van der Waals surface area contributed by atoms with Gasteiger partial charge in [-0.1, -0.05) is 0 Å². The van der Waals surface area contributed by atoms with Crippen LogP contribution >= 0.6 is 0 Å². The number of methoxy groups -OCH3 is 1. The number of hydrogen-bond donors (Lipinski definition) is 11.